The van der Waals surface area contributed by atoms with Crippen molar-refractivity contribution >= 4 is 50.0 Å². The maximum absolute atomic E-state index is 6.33. The summed E-state index contributed by atoms with van der Waals surface area (Å²) < 4.78 is 0. The van der Waals surface area contributed by atoms with Crippen molar-refractivity contribution < 1.29 is 0 Å². The minimum Gasteiger partial charge on any atom is -0.398 e. The molecule has 5 heteroatoms. The summed E-state index contributed by atoms with van der Waals surface area (Å²) in [6.45, 7) is 8.41. The highest BCUT2D eigenvalue weighted by Crippen LogP contribution is 2.36. The number of azo groups is 2. The highest BCUT2D eigenvalue weighted by molar-refractivity contribution is 6.01. The van der Waals surface area contributed by atoms with Crippen LogP contribution in [0.5, 0.6) is 0 Å². The minimum atomic E-state index is 0.788. The van der Waals surface area contributed by atoms with Crippen LogP contribution in [0.15, 0.2) is 124 Å². The average molecular weight is 562 g/mol. The Hall–Kier alpha value is -5.16. The van der Waals surface area contributed by atoms with Crippen molar-refractivity contribution in [3.63, 3.8) is 0 Å². The van der Waals surface area contributed by atoms with Gasteiger partial charge in [-0.2, -0.15) is 10.2 Å². The Balaban J connectivity index is 1.30. The Morgan fingerprint density at radius 3 is 1.63 bits per heavy atom. The van der Waals surface area contributed by atoms with Crippen LogP contribution in [0.25, 0.3) is 32.7 Å². The number of nitrogens with two attached hydrogens (primary N) is 1. The molecule has 0 fully saturated rings. The van der Waals surface area contributed by atoms with Crippen LogP contribution < -0.4 is 5.73 Å². The van der Waals surface area contributed by atoms with Crippen LogP contribution >= 0.6 is 0 Å². The second-order valence-corrected chi connectivity index (χ2v) is 11.0. The lowest BCUT2D eigenvalue weighted by Gasteiger charge is -2.11. The van der Waals surface area contributed by atoms with Gasteiger partial charge in [-0.25, -0.2) is 0 Å². The second kappa shape index (κ2) is 12.0. The standard InChI is InChI=1S/C38H35N5/c1-5-26-22-28(15-17-34(26)40-42-36-20-24(3)19-30-11-7-8-12-31(30)36)29-16-18-35(27(6-2)23-29)41-43-37-21-25(4)38(39)33-14-10-9-13-32(33)37/h7-23H,5-6,39H2,1-4H3. The largest absolute Gasteiger partial charge is 0.398 e. The lowest BCUT2D eigenvalue weighted by atomic mass is 9.98. The van der Waals surface area contributed by atoms with Gasteiger partial charge in [-0.15, -0.1) is 10.2 Å². The SMILES string of the molecule is CCc1cc(-c2ccc(N=Nc3cc(C)c(N)c4ccccc34)c(CC)c2)ccc1N=Nc1cc(C)cc2ccccc12. The van der Waals surface area contributed by atoms with Crippen LogP contribution in [0.4, 0.5) is 28.4 Å². The zero-order valence-electron chi connectivity index (χ0n) is 25.1. The predicted octanol–water partition coefficient (Wildman–Crippen LogP) is 11.8. The van der Waals surface area contributed by atoms with Crippen LogP contribution in [0.2, 0.25) is 0 Å². The van der Waals surface area contributed by atoms with E-state index in [1.54, 1.807) is 0 Å². The molecular weight excluding hydrogens is 526 g/mol. The molecule has 0 aliphatic carbocycles. The van der Waals surface area contributed by atoms with Crippen LogP contribution in [-0.4, -0.2) is 0 Å². The Labute approximate surface area is 252 Å². The topological polar surface area (TPSA) is 75.5 Å². The number of hydrogen-bond donors (Lipinski definition) is 1. The highest BCUT2D eigenvalue weighted by Gasteiger charge is 2.10. The van der Waals surface area contributed by atoms with E-state index in [1.165, 1.54) is 10.9 Å². The van der Waals surface area contributed by atoms with Crippen LogP contribution in [0.1, 0.15) is 36.1 Å². The fourth-order valence-electron chi connectivity index (χ4n) is 5.62. The molecule has 0 saturated heterocycles. The molecule has 0 aromatic heterocycles. The summed E-state index contributed by atoms with van der Waals surface area (Å²) in [6.07, 6.45) is 1.71. The number of hydrogen-bond acceptors (Lipinski definition) is 5. The molecule has 0 radical (unpaired) electrons. The summed E-state index contributed by atoms with van der Waals surface area (Å²) in [5, 5.41) is 23.0. The Morgan fingerprint density at radius 1 is 0.512 bits per heavy atom. The molecule has 0 atom stereocenters. The molecule has 0 spiro atoms. The summed E-state index contributed by atoms with van der Waals surface area (Å²) in [6, 6.07) is 35.5. The Bertz CT molecular complexity index is 2040. The molecule has 5 nitrogen and oxygen atoms in total. The van der Waals surface area contributed by atoms with Gasteiger partial charge in [-0.05, 0) is 102 Å². The third-order valence-electron chi connectivity index (χ3n) is 8.04. The monoisotopic (exact) mass is 561 g/mol. The molecule has 0 bridgehead atoms. The molecule has 6 rings (SSSR count). The van der Waals surface area contributed by atoms with Gasteiger partial charge in [0.05, 0.1) is 22.7 Å². The molecular formula is C38H35N5. The molecule has 0 unspecified atom stereocenters. The number of fused-ring (bicyclic) bond motifs is 2. The summed E-state index contributed by atoms with van der Waals surface area (Å²) in [5.74, 6) is 0. The number of rotatable bonds is 7. The van der Waals surface area contributed by atoms with Crippen molar-refractivity contribution in [2.24, 2.45) is 20.5 Å². The fraction of sp³-hybridized carbons (Fsp3) is 0.158. The fourth-order valence-corrected chi connectivity index (χ4v) is 5.62. The van der Waals surface area contributed by atoms with Gasteiger partial charge in [0.25, 0.3) is 0 Å². The number of anilines is 1. The van der Waals surface area contributed by atoms with Crippen molar-refractivity contribution in [1.29, 1.82) is 0 Å². The maximum atomic E-state index is 6.33. The molecule has 0 aliphatic rings. The molecule has 43 heavy (non-hydrogen) atoms. The van der Waals surface area contributed by atoms with Crippen LogP contribution in [0.3, 0.4) is 0 Å². The van der Waals surface area contributed by atoms with E-state index < -0.39 is 0 Å². The van der Waals surface area contributed by atoms with E-state index in [1.807, 2.05) is 43.3 Å². The quantitative estimate of drug-likeness (QED) is 0.153. The first kappa shape index (κ1) is 28.0. The lowest BCUT2D eigenvalue weighted by molar-refractivity contribution is 1.10. The molecule has 2 N–H and O–H groups in total. The maximum Gasteiger partial charge on any atom is 0.0939 e. The number of benzene rings is 6. The normalized spacial score (nSPS) is 11.8. The van der Waals surface area contributed by atoms with Crippen molar-refractivity contribution in [3.8, 4) is 11.1 Å². The van der Waals surface area contributed by atoms with Crippen molar-refractivity contribution in [3.05, 3.63) is 125 Å². The van der Waals surface area contributed by atoms with E-state index in [0.29, 0.717) is 0 Å². The van der Waals surface area contributed by atoms with Crippen molar-refractivity contribution in [1.82, 2.24) is 0 Å². The van der Waals surface area contributed by atoms with Gasteiger partial charge in [0.2, 0.25) is 0 Å². The Morgan fingerprint density at radius 2 is 1.02 bits per heavy atom. The summed E-state index contributed by atoms with van der Waals surface area (Å²) >= 11 is 0. The van der Waals surface area contributed by atoms with E-state index in [2.05, 4.69) is 103 Å². The van der Waals surface area contributed by atoms with E-state index in [9.17, 15) is 0 Å². The van der Waals surface area contributed by atoms with Crippen LogP contribution in [0, 0.1) is 13.8 Å². The van der Waals surface area contributed by atoms with E-state index in [0.717, 1.165) is 85.3 Å². The third-order valence-corrected chi connectivity index (χ3v) is 8.04. The minimum absolute atomic E-state index is 0.788. The lowest BCUT2D eigenvalue weighted by Crippen LogP contribution is -1.91. The van der Waals surface area contributed by atoms with Crippen molar-refractivity contribution in [2.45, 2.75) is 40.5 Å². The van der Waals surface area contributed by atoms with E-state index in [4.69, 9.17) is 10.8 Å². The molecule has 0 saturated carbocycles. The number of nitrogen functional groups attached to an aromatic ring is 1. The number of nitrogens with zero attached hydrogens (tertiary/aromatic N) is 4. The molecule has 0 amide bonds. The van der Waals surface area contributed by atoms with Gasteiger partial charge in [0, 0.05) is 21.8 Å². The molecule has 6 aromatic rings. The molecule has 0 aliphatic heterocycles. The van der Waals surface area contributed by atoms with E-state index in [-0.39, 0.29) is 0 Å². The first-order chi connectivity index (χ1) is 20.9. The second-order valence-electron chi connectivity index (χ2n) is 11.0. The van der Waals surface area contributed by atoms with Gasteiger partial charge in [-0.1, -0.05) is 80.6 Å². The van der Waals surface area contributed by atoms with Gasteiger partial charge in [0.15, 0.2) is 0 Å². The van der Waals surface area contributed by atoms with Crippen LogP contribution in [-0.2, 0) is 12.8 Å². The highest BCUT2D eigenvalue weighted by atomic mass is 15.1. The number of aryl methyl sites for hydroxylation is 4. The van der Waals surface area contributed by atoms with Gasteiger partial charge >= 0.3 is 0 Å². The zero-order valence-corrected chi connectivity index (χ0v) is 25.1. The smallest absolute Gasteiger partial charge is 0.0939 e. The molecule has 0 heterocycles. The van der Waals surface area contributed by atoms with Gasteiger partial charge in [-0.3, -0.25) is 0 Å². The van der Waals surface area contributed by atoms with E-state index >= 15 is 0 Å². The first-order valence-electron chi connectivity index (χ1n) is 14.8. The van der Waals surface area contributed by atoms with Crippen molar-refractivity contribution in [2.75, 3.05) is 5.73 Å². The summed E-state index contributed by atoms with van der Waals surface area (Å²) in [4.78, 5) is 0. The third kappa shape index (κ3) is 5.67. The zero-order chi connectivity index (χ0) is 29.9. The Kier molecular flexibility index (Phi) is 7.80. The summed E-state index contributed by atoms with van der Waals surface area (Å²) in [5.41, 5.74) is 17.4. The molecule has 212 valence electrons. The predicted molar refractivity (Wildman–Crippen MR) is 181 cm³/mol. The average Bonchev–Trinajstić information content (AvgIpc) is 3.04. The van der Waals surface area contributed by atoms with Gasteiger partial charge in [0.1, 0.15) is 0 Å². The summed E-state index contributed by atoms with van der Waals surface area (Å²) in [7, 11) is 0. The first-order valence-corrected chi connectivity index (χ1v) is 14.8. The molecule has 6 aromatic carbocycles. The van der Waals surface area contributed by atoms with Gasteiger partial charge < -0.3 is 5.73 Å².